The second-order valence-electron chi connectivity index (χ2n) is 16.5. The molecule has 0 radical (unpaired) electrons. The van der Waals surface area contributed by atoms with E-state index in [1.165, 1.54) is 53.8 Å². The SMILES string of the molecule is O=C1O[C@H](c2ccccc2)[C@H](c2ccccc2)N2[C@H]1[C@@H](C(=O)Nc1nc3ccccc3s1)[C@]1(C(=O)N(C(=O)OCc3ccc([N+](=O)[O-])cc3)c3ccc(C#CCCO)cc31)[C@H]2c1ccc(O)cc1. The molecule has 6 atom stereocenters. The fourth-order valence-electron chi connectivity index (χ4n) is 9.87. The lowest BCUT2D eigenvalue weighted by atomic mass is 9.65. The number of aliphatic hydroxyl groups excluding tert-OH is 1. The molecule has 1 spiro atoms. The number of thiazole rings is 1. The maximum Gasteiger partial charge on any atom is 0.421 e. The van der Waals surface area contributed by atoms with E-state index in [0.717, 1.165) is 9.60 Å². The number of carbonyl (C=O) groups excluding carboxylic acids is 4. The smallest absolute Gasteiger partial charge is 0.421 e. The van der Waals surface area contributed by atoms with Crippen LogP contribution in [-0.4, -0.2) is 61.5 Å². The van der Waals surface area contributed by atoms with Crippen molar-refractivity contribution in [3.05, 3.63) is 195 Å². The minimum atomic E-state index is -2.16. The zero-order valence-electron chi connectivity index (χ0n) is 35.8. The Labute approximate surface area is 392 Å². The summed E-state index contributed by atoms with van der Waals surface area (Å²) in [5.74, 6) is 1.77. The summed E-state index contributed by atoms with van der Waals surface area (Å²) in [6, 6.07) is 38.5. The molecule has 68 heavy (non-hydrogen) atoms. The number of phenolic OH excluding ortho intramolecular Hbond substituents is 1. The number of para-hydroxylation sites is 1. The average molecular weight is 926 g/mol. The number of carbonyl (C=O) groups is 4. The van der Waals surface area contributed by atoms with Crippen LogP contribution >= 0.6 is 11.3 Å². The van der Waals surface area contributed by atoms with Crippen LogP contribution in [0.15, 0.2) is 152 Å². The molecular weight excluding hydrogens is 887 g/mol. The summed E-state index contributed by atoms with van der Waals surface area (Å²) >= 11 is 1.21. The van der Waals surface area contributed by atoms with Crippen LogP contribution in [-0.2, 0) is 35.9 Å². The molecule has 3 amide bonds. The number of rotatable bonds is 9. The van der Waals surface area contributed by atoms with Gasteiger partial charge in [0.25, 0.3) is 5.69 Å². The predicted molar refractivity (Wildman–Crippen MR) is 250 cm³/mol. The van der Waals surface area contributed by atoms with Gasteiger partial charge in [0.1, 0.15) is 29.9 Å². The third-order valence-electron chi connectivity index (χ3n) is 12.6. The molecule has 10 rings (SSSR count). The third kappa shape index (κ3) is 7.48. The number of aromatic nitrogens is 1. The van der Waals surface area contributed by atoms with Gasteiger partial charge in [0.2, 0.25) is 11.8 Å². The van der Waals surface area contributed by atoms with Gasteiger partial charge in [-0.05, 0) is 82.4 Å². The normalized spacial score (nSPS) is 21.7. The van der Waals surface area contributed by atoms with Crippen LogP contribution in [0.25, 0.3) is 10.2 Å². The Bertz CT molecular complexity index is 3140. The van der Waals surface area contributed by atoms with E-state index in [1.807, 2.05) is 83.8 Å². The summed E-state index contributed by atoms with van der Waals surface area (Å²) in [7, 11) is 0. The monoisotopic (exact) mass is 925 g/mol. The van der Waals surface area contributed by atoms with Crippen molar-refractivity contribution in [1.29, 1.82) is 0 Å². The number of hydrogen-bond donors (Lipinski definition) is 3. The molecule has 338 valence electrons. The zero-order chi connectivity index (χ0) is 47.1. The molecule has 6 aromatic carbocycles. The summed E-state index contributed by atoms with van der Waals surface area (Å²) in [6.45, 7) is -0.597. The first kappa shape index (κ1) is 43.7. The predicted octanol–water partition coefficient (Wildman–Crippen LogP) is 8.29. The van der Waals surface area contributed by atoms with Gasteiger partial charge in [-0.2, -0.15) is 0 Å². The Hall–Kier alpha value is -8.23. The van der Waals surface area contributed by atoms with Crippen molar-refractivity contribution in [1.82, 2.24) is 9.88 Å². The van der Waals surface area contributed by atoms with Crippen molar-refractivity contribution in [2.24, 2.45) is 5.92 Å². The molecule has 16 heteroatoms. The van der Waals surface area contributed by atoms with E-state index in [0.29, 0.717) is 33.3 Å². The van der Waals surface area contributed by atoms with E-state index >= 15 is 14.4 Å². The van der Waals surface area contributed by atoms with Crippen molar-refractivity contribution in [2.75, 3.05) is 16.8 Å². The van der Waals surface area contributed by atoms with E-state index in [-0.39, 0.29) is 47.5 Å². The quantitative estimate of drug-likeness (QED) is 0.0542. The van der Waals surface area contributed by atoms with Gasteiger partial charge in [-0.3, -0.25) is 29.4 Å². The number of ether oxygens (including phenoxy) is 2. The Morgan fingerprint density at radius 3 is 2.24 bits per heavy atom. The number of phenols is 1. The van der Waals surface area contributed by atoms with E-state index < -0.39 is 64.4 Å². The number of fused-ring (bicyclic) bond motifs is 4. The molecule has 0 aliphatic carbocycles. The van der Waals surface area contributed by atoms with Gasteiger partial charge in [0, 0.05) is 24.1 Å². The number of nitrogens with zero attached hydrogens (tertiary/aromatic N) is 4. The minimum absolute atomic E-state index is 0.0575. The molecule has 2 saturated heterocycles. The molecule has 0 saturated carbocycles. The molecule has 3 aliphatic heterocycles. The molecule has 1 aromatic heterocycles. The van der Waals surface area contributed by atoms with Gasteiger partial charge in [-0.15, -0.1) is 0 Å². The number of aliphatic hydroxyl groups is 1. The van der Waals surface area contributed by atoms with Crippen LogP contribution in [0.5, 0.6) is 5.75 Å². The number of esters is 1. The first-order valence-electron chi connectivity index (χ1n) is 21.6. The highest BCUT2D eigenvalue weighted by Gasteiger charge is 2.76. The van der Waals surface area contributed by atoms with Crippen LogP contribution < -0.4 is 10.2 Å². The van der Waals surface area contributed by atoms with Gasteiger partial charge in [-0.25, -0.2) is 14.7 Å². The van der Waals surface area contributed by atoms with E-state index in [9.17, 15) is 25.1 Å². The highest BCUT2D eigenvalue weighted by molar-refractivity contribution is 7.22. The minimum Gasteiger partial charge on any atom is -0.508 e. The number of imide groups is 1. The number of nitro benzene ring substituents is 1. The maximum atomic E-state index is 16.4. The highest BCUT2D eigenvalue weighted by atomic mass is 32.1. The summed E-state index contributed by atoms with van der Waals surface area (Å²) in [4.78, 5) is 80.4. The molecule has 3 aliphatic rings. The number of nitro groups is 1. The summed E-state index contributed by atoms with van der Waals surface area (Å²) in [5.41, 5.74) is 1.06. The average Bonchev–Trinajstić information content (AvgIpc) is 3.99. The van der Waals surface area contributed by atoms with Gasteiger partial charge < -0.3 is 25.0 Å². The maximum absolute atomic E-state index is 16.4. The van der Waals surface area contributed by atoms with Crippen LogP contribution in [0.4, 0.5) is 21.3 Å². The number of morpholine rings is 1. The number of benzene rings is 6. The Morgan fingerprint density at radius 1 is 0.853 bits per heavy atom. The number of anilines is 2. The van der Waals surface area contributed by atoms with Crippen molar-refractivity contribution in [3.63, 3.8) is 0 Å². The Balaban J connectivity index is 1.23. The zero-order valence-corrected chi connectivity index (χ0v) is 36.6. The van der Waals surface area contributed by atoms with Crippen molar-refractivity contribution in [3.8, 4) is 17.6 Å². The first-order valence-corrected chi connectivity index (χ1v) is 22.4. The van der Waals surface area contributed by atoms with Gasteiger partial charge in [-0.1, -0.05) is 108 Å². The molecule has 15 nitrogen and oxygen atoms in total. The summed E-state index contributed by atoms with van der Waals surface area (Å²) in [6.07, 6.45) is -1.96. The van der Waals surface area contributed by atoms with E-state index in [1.54, 1.807) is 30.3 Å². The molecule has 7 aromatic rings. The van der Waals surface area contributed by atoms with Crippen molar-refractivity contribution in [2.45, 2.75) is 42.7 Å². The van der Waals surface area contributed by atoms with Crippen LogP contribution in [0.2, 0.25) is 0 Å². The van der Waals surface area contributed by atoms with E-state index in [4.69, 9.17) is 9.47 Å². The molecule has 3 N–H and O–H groups in total. The highest BCUT2D eigenvalue weighted by Crippen LogP contribution is 2.66. The summed E-state index contributed by atoms with van der Waals surface area (Å²) < 4.78 is 13.1. The standard InChI is InChI=1S/C52H39N5O10S/c58-28-10-9-11-31-20-27-40-38(29-31)52(49(62)55(40)51(63)66-30-32-18-23-36(24-19-32)57(64)65)42(47(60)54-50-53-39-16-7-8-17-41(39)68-50)44-48(61)67-45(34-14-5-2-6-15-34)43(33-12-3-1-4-13-33)56(44)46(52)35-21-25-37(59)26-22-35/h1-8,12-27,29,42-46,58-59H,10,28,30H2,(H,53,54,60)/t42-,43-,44-,45+,46+,52-/m0/s1. The fraction of sp³-hybridized carbons (Fsp3) is 0.173. The molecule has 0 unspecified atom stereocenters. The Morgan fingerprint density at radius 2 is 1.54 bits per heavy atom. The molecule has 2 fully saturated rings. The lowest BCUT2D eigenvalue weighted by molar-refractivity contribution is -0.384. The van der Waals surface area contributed by atoms with Crippen LogP contribution in [0.1, 0.15) is 58.0 Å². The van der Waals surface area contributed by atoms with Gasteiger partial charge in [0.05, 0.1) is 45.4 Å². The van der Waals surface area contributed by atoms with Crippen LogP contribution in [0.3, 0.4) is 0 Å². The topological polar surface area (TPSA) is 202 Å². The number of hydrogen-bond acceptors (Lipinski definition) is 13. The molecule has 4 heterocycles. The first-order chi connectivity index (χ1) is 33.1. The Kier molecular flexibility index (Phi) is 11.5. The van der Waals surface area contributed by atoms with Crippen molar-refractivity contribution < 1.29 is 43.8 Å². The number of aromatic hydroxyl groups is 1. The lowest BCUT2D eigenvalue weighted by Gasteiger charge is -2.46. The third-order valence-corrected chi connectivity index (χ3v) is 13.6. The second kappa shape index (κ2) is 17.9. The summed E-state index contributed by atoms with van der Waals surface area (Å²) in [5, 5.41) is 34.9. The number of cyclic esters (lactones) is 1. The molecular formula is C52H39N5O10S. The number of amides is 3. The van der Waals surface area contributed by atoms with E-state index in [2.05, 4.69) is 22.1 Å². The molecule has 0 bridgehead atoms. The largest absolute Gasteiger partial charge is 0.508 e. The lowest BCUT2D eigenvalue weighted by Crippen LogP contribution is -2.54. The van der Waals surface area contributed by atoms with Gasteiger partial charge in [0.15, 0.2) is 5.13 Å². The number of nitrogens with one attached hydrogen (secondary N) is 1. The second-order valence-corrected chi connectivity index (χ2v) is 17.5. The van der Waals surface area contributed by atoms with Crippen LogP contribution in [0, 0.1) is 27.9 Å². The van der Waals surface area contributed by atoms with Gasteiger partial charge >= 0.3 is 12.1 Å². The fourth-order valence-corrected chi connectivity index (χ4v) is 10.7. The number of non-ortho nitro benzene ring substituents is 1. The van der Waals surface area contributed by atoms with Crippen molar-refractivity contribution >= 4 is 61.9 Å².